The number of hydrogen-bond donors (Lipinski definition) is 1. The highest BCUT2D eigenvalue weighted by Crippen LogP contribution is 2.32. The Morgan fingerprint density at radius 2 is 1.48 bits per heavy atom. The molecule has 29 heavy (non-hydrogen) atoms. The van der Waals surface area contributed by atoms with Crippen molar-refractivity contribution in [3.63, 3.8) is 0 Å². The number of benzene rings is 3. The van der Waals surface area contributed by atoms with Crippen LogP contribution in [0, 0.1) is 0 Å². The molecule has 8 heteroatoms. The molecule has 4 nitrogen and oxygen atoms in total. The van der Waals surface area contributed by atoms with Crippen LogP contribution in [0.4, 0.5) is 24.7 Å². The van der Waals surface area contributed by atoms with E-state index in [1.807, 2.05) is 18.2 Å². The highest BCUT2D eigenvalue weighted by molar-refractivity contribution is 9.10. The number of alkyl halides is 3. The molecule has 4 aromatic rings. The van der Waals surface area contributed by atoms with Crippen LogP contribution in [-0.4, -0.2) is 9.97 Å². The first-order chi connectivity index (χ1) is 13.9. The third-order valence-corrected chi connectivity index (χ3v) is 4.63. The molecular weight excluding hydrogens is 447 g/mol. The van der Waals surface area contributed by atoms with E-state index in [2.05, 4.69) is 31.2 Å². The molecule has 1 N–H and O–H groups in total. The summed E-state index contributed by atoms with van der Waals surface area (Å²) in [5.74, 6) is 1.50. The molecule has 0 atom stereocenters. The fraction of sp³-hybridized carbons (Fsp3) is 0.0476. The summed E-state index contributed by atoms with van der Waals surface area (Å²) in [6, 6.07) is 17.3. The highest BCUT2D eigenvalue weighted by atomic mass is 79.9. The minimum Gasteiger partial charge on any atom is -0.457 e. The Kier molecular flexibility index (Phi) is 5.10. The second-order valence-electron chi connectivity index (χ2n) is 6.16. The first-order valence-electron chi connectivity index (χ1n) is 8.51. The lowest BCUT2D eigenvalue weighted by Gasteiger charge is -2.11. The Hall–Kier alpha value is -3.13. The highest BCUT2D eigenvalue weighted by Gasteiger charge is 2.30. The maximum absolute atomic E-state index is 12.6. The first-order valence-corrected chi connectivity index (χ1v) is 9.30. The molecular formula is C21H13BrF3N3O. The minimum atomic E-state index is -4.37. The van der Waals surface area contributed by atoms with E-state index in [1.54, 1.807) is 24.3 Å². The monoisotopic (exact) mass is 459 g/mol. The molecule has 0 saturated carbocycles. The van der Waals surface area contributed by atoms with Gasteiger partial charge in [0.1, 0.15) is 23.6 Å². The van der Waals surface area contributed by atoms with Crippen molar-refractivity contribution < 1.29 is 17.9 Å². The third kappa shape index (κ3) is 4.48. The van der Waals surface area contributed by atoms with E-state index >= 15 is 0 Å². The molecule has 146 valence electrons. The van der Waals surface area contributed by atoms with Gasteiger partial charge in [-0.1, -0.05) is 15.9 Å². The molecule has 0 saturated heterocycles. The maximum atomic E-state index is 12.6. The van der Waals surface area contributed by atoms with Gasteiger partial charge in [0, 0.05) is 15.5 Å². The van der Waals surface area contributed by atoms with Crippen LogP contribution in [0.25, 0.3) is 10.9 Å². The Balaban J connectivity index is 1.49. The van der Waals surface area contributed by atoms with Crippen molar-refractivity contribution in [3.05, 3.63) is 83.1 Å². The van der Waals surface area contributed by atoms with Crippen molar-refractivity contribution in [1.29, 1.82) is 0 Å². The summed E-state index contributed by atoms with van der Waals surface area (Å²) >= 11 is 3.42. The van der Waals surface area contributed by atoms with Crippen molar-refractivity contribution in [1.82, 2.24) is 9.97 Å². The van der Waals surface area contributed by atoms with Gasteiger partial charge < -0.3 is 10.1 Å². The van der Waals surface area contributed by atoms with Gasteiger partial charge in [-0.2, -0.15) is 13.2 Å². The lowest BCUT2D eigenvalue weighted by Crippen LogP contribution is -2.03. The lowest BCUT2D eigenvalue weighted by atomic mass is 10.2. The van der Waals surface area contributed by atoms with Crippen LogP contribution in [0.3, 0.4) is 0 Å². The van der Waals surface area contributed by atoms with Crippen molar-refractivity contribution in [2.45, 2.75) is 6.18 Å². The van der Waals surface area contributed by atoms with Crippen molar-refractivity contribution in [2.75, 3.05) is 5.32 Å². The summed E-state index contributed by atoms with van der Waals surface area (Å²) in [6.45, 7) is 0. The number of rotatable bonds is 4. The number of fused-ring (bicyclic) bond motifs is 1. The van der Waals surface area contributed by atoms with Gasteiger partial charge in [0.05, 0.1) is 11.1 Å². The predicted molar refractivity (Wildman–Crippen MR) is 108 cm³/mol. The topological polar surface area (TPSA) is 47.0 Å². The molecule has 0 aliphatic rings. The van der Waals surface area contributed by atoms with Gasteiger partial charge >= 0.3 is 6.18 Å². The number of nitrogens with zero attached hydrogens (tertiary/aromatic N) is 2. The molecule has 0 unspecified atom stereocenters. The van der Waals surface area contributed by atoms with Crippen molar-refractivity contribution >= 4 is 38.3 Å². The molecule has 0 aliphatic heterocycles. The Bertz CT molecular complexity index is 1150. The summed E-state index contributed by atoms with van der Waals surface area (Å²) in [5.41, 5.74) is 0.875. The van der Waals surface area contributed by atoms with E-state index in [-0.39, 0.29) is 0 Å². The van der Waals surface area contributed by atoms with Crippen molar-refractivity contribution in [3.8, 4) is 11.5 Å². The van der Waals surface area contributed by atoms with Crippen LogP contribution in [0.15, 0.2) is 77.5 Å². The predicted octanol–water partition coefficient (Wildman–Crippen LogP) is 6.95. The number of anilines is 2. The van der Waals surface area contributed by atoms with Crippen LogP contribution in [0.2, 0.25) is 0 Å². The normalized spacial score (nSPS) is 11.4. The van der Waals surface area contributed by atoms with Gasteiger partial charge in [-0.05, 0) is 66.7 Å². The molecule has 0 fully saturated rings. The van der Waals surface area contributed by atoms with E-state index < -0.39 is 11.7 Å². The molecule has 1 aromatic heterocycles. The molecule has 0 radical (unpaired) electrons. The maximum Gasteiger partial charge on any atom is 0.416 e. The average molecular weight is 460 g/mol. The van der Waals surface area contributed by atoms with Gasteiger partial charge in [0.15, 0.2) is 0 Å². The summed E-state index contributed by atoms with van der Waals surface area (Å²) in [6.07, 6.45) is -2.88. The van der Waals surface area contributed by atoms with Gasteiger partial charge in [-0.25, -0.2) is 9.97 Å². The second kappa shape index (κ2) is 7.71. The summed E-state index contributed by atoms with van der Waals surface area (Å²) in [4.78, 5) is 8.54. The number of hydrogen-bond acceptors (Lipinski definition) is 4. The molecule has 0 amide bonds. The van der Waals surface area contributed by atoms with Crippen LogP contribution in [-0.2, 0) is 6.18 Å². The molecule has 0 aliphatic carbocycles. The summed E-state index contributed by atoms with van der Waals surface area (Å²) < 4.78 is 44.4. The zero-order chi connectivity index (χ0) is 20.4. The third-order valence-electron chi connectivity index (χ3n) is 4.13. The Morgan fingerprint density at radius 1 is 0.828 bits per heavy atom. The summed E-state index contributed by atoms with van der Waals surface area (Å²) in [5, 5.41) is 4.11. The standard InChI is InChI=1S/C21H13BrF3N3O/c22-14-3-10-18-19(11-14)26-12-27-20(18)28-15-4-8-17(9-5-15)29-16-6-1-13(2-7-16)21(23,24)25/h1-12H,(H,26,27,28). The minimum absolute atomic E-state index is 0.325. The van der Waals surface area contributed by atoms with Crippen LogP contribution >= 0.6 is 15.9 Å². The average Bonchev–Trinajstić information content (AvgIpc) is 2.69. The van der Waals surface area contributed by atoms with E-state index in [9.17, 15) is 13.2 Å². The molecule has 0 spiro atoms. The first kappa shape index (κ1) is 19.2. The fourth-order valence-electron chi connectivity index (χ4n) is 2.72. The van der Waals surface area contributed by atoms with E-state index in [1.165, 1.54) is 18.5 Å². The second-order valence-corrected chi connectivity index (χ2v) is 7.07. The van der Waals surface area contributed by atoms with Crippen LogP contribution in [0.1, 0.15) is 5.56 Å². The fourth-order valence-corrected chi connectivity index (χ4v) is 3.07. The number of ether oxygens (including phenoxy) is 1. The quantitative estimate of drug-likeness (QED) is 0.358. The number of nitrogens with one attached hydrogen (secondary N) is 1. The number of halogens is 4. The van der Waals surface area contributed by atoms with Gasteiger partial charge in [-0.15, -0.1) is 0 Å². The SMILES string of the molecule is FC(F)(F)c1ccc(Oc2ccc(Nc3ncnc4cc(Br)ccc34)cc2)cc1. The Labute approximate surface area is 172 Å². The zero-order valence-electron chi connectivity index (χ0n) is 14.7. The van der Waals surface area contributed by atoms with E-state index in [0.717, 1.165) is 33.2 Å². The molecule has 3 aromatic carbocycles. The lowest BCUT2D eigenvalue weighted by molar-refractivity contribution is -0.137. The van der Waals surface area contributed by atoms with Crippen LogP contribution < -0.4 is 10.1 Å². The van der Waals surface area contributed by atoms with E-state index in [0.29, 0.717) is 17.3 Å². The van der Waals surface area contributed by atoms with Gasteiger partial charge in [-0.3, -0.25) is 0 Å². The van der Waals surface area contributed by atoms with Gasteiger partial charge in [0.2, 0.25) is 0 Å². The Morgan fingerprint density at radius 3 is 2.14 bits per heavy atom. The molecule has 4 rings (SSSR count). The molecule has 1 heterocycles. The van der Waals surface area contributed by atoms with E-state index in [4.69, 9.17) is 4.74 Å². The largest absolute Gasteiger partial charge is 0.457 e. The smallest absolute Gasteiger partial charge is 0.416 e. The number of aromatic nitrogens is 2. The van der Waals surface area contributed by atoms with Gasteiger partial charge in [0.25, 0.3) is 0 Å². The van der Waals surface area contributed by atoms with Crippen LogP contribution in [0.5, 0.6) is 11.5 Å². The van der Waals surface area contributed by atoms with Crippen molar-refractivity contribution in [2.24, 2.45) is 0 Å². The molecule has 0 bridgehead atoms. The zero-order valence-corrected chi connectivity index (χ0v) is 16.3. The summed E-state index contributed by atoms with van der Waals surface area (Å²) in [7, 11) is 0.